The van der Waals surface area contributed by atoms with E-state index >= 15 is 0 Å². The van der Waals surface area contributed by atoms with Gasteiger partial charge >= 0.3 is 5.97 Å². The molecule has 0 aromatic carbocycles. The van der Waals surface area contributed by atoms with Crippen molar-refractivity contribution in [2.75, 3.05) is 13.1 Å². The molecule has 0 radical (unpaired) electrons. The van der Waals surface area contributed by atoms with Crippen LogP contribution in [0.5, 0.6) is 0 Å². The Labute approximate surface area is 119 Å². The number of hydrogen-bond acceptors (Lipinski definition) is 3. The van der Waals surface area contributed by atoms with Gasteiger partial charge in [0.05, 0.1) is 6.54 Å². The van der Waals surface area contributed by atoms with Crippen molar-refractivity contribution in [1.82, 2.24) is 4.90 Å². The molecule has 4 heteroatoms. The molecular weight excluding hydrogens is 254 g/mol. The first-order chi connectivity index (χ1) is 9.58. The van der Waals surface area contributed by atoms with E-state index in [1.54, 1.807) is 6.92 Å². The highest BCUT2D eigenvalue weighted by Crippen LogP contribution is 2.46. The molecule has 1 spiro atoms. The number of aromatic carboxylic acids is 1. The maximum Gasteiger partial charge on any atom is 0.372 e. The van der Waals surface area contributed by atoms with E-state index in [4.69, 9.17) is 9.52 Å². The van der Waals surface area contributed by atoms with Crippen LogP contribution in [0.4, 0.5) is 0 Å². The fraction of sp³-hybridized carbons (Fsp3) is 0.688. The third kappa shape index (κ3) is 2.62. The lowest BCUT2D eigenvalue weighted by Gasteiger charge is -2.39. The van der Waals surface area contributed by atoms with Crippen LogP contribution in [0.1, 0.15) is 60.4 Å². The molecule has 2 fully saturated rings. The molecule has 3 rings (SSSR count). The molecule has 1 aliphatic carbocycles. The van der Waals surface area contributed by atoms with Gasteiger partial charge in [0, 0.05) is 5.56 Å². The summed E-state index contributed by atoms with van der Waals surface area (Å²) in [6.45, 7) is 4.76. The number of likely N-dealkylation sites (tertiary alicyclic amines) is 1. The molecule has 1 saturated carbocycles. The van der Waals surface area contributed by atoms with Crippen molar-refractivity contribution in [3.05, 3.63) is 23.2 Å². The van der Waals surface area contributed by atoms with Gasteiger partial charge in [-0.1, -0.05) is 12.8 Å². The Kier molecular flexibility index (Phi) is 3.59. The SMILES string of the molecule is Cc1cc(CN2CCC3(CCCC3)CC2)oc1C(=O)O. The lowest BCUT2D eigenvalue weighted by atomic mass is 9.77. The third-order valence-electron chi connectivity index (χ3n) is 5.12. The fourth-order valence-corrected chi connectivity index (χ4v) is 3.87. The predicted molar refractivity (Wildman–Crippen MR) is 75.8 cm³/mol. The van der Waals surface area contributed by atoms with Crippen molar-refractivity contribution in [3.63, 3.8) is 0 Å². The maximum absolute atomic E-state index is 11.0. The zero-order valence-electron chi connectivity index (χ0n) is 12.2. The van der Waals surface area contributed by atoms with E-state index in [0.717, 1.165) is 31.0 Å². The zero-order valence-corrected chi connectivity index (χ0v) is 12.2. The van der Waals surface area contributed by atoms with Crippen molar-refractivity contribution in [3.8, 4) is 0 Å². The fourth-order valence-electron chi connectivity index (χ4n) is 3.87. The first-order valence-corrected chi connectivity index (χ1v) is 7.63. The topological polar surface area (TPSA) is 53.7 Å². The number of carboxylic acid groups (broad SMARTS) is 1. The summed E-state index contributed by atoms with van der Waals surface area (Å²) in [5.41, 5.74) is 1.35. The Bertz CT molecular complexity index is 490. The Morgan fingerprint density at radius 2 is 1.95 bits per heavy atom. The van der Waals surface area contributed by atoms with Gasteiger partial charge in [-0.2, -0.15) is 0 Å². The molecule has 1 saturated heterocycles. The van der Waals surface area contributed by atoms with E-state index in [-0.39, 0.29) is 5.76 Å². The molecular formula is C16H23NO3. The highest BCUT2D eigenvalue weighted by atomic mass is 16.4. The summed E-state index contributed by atoms with van der Waals surface area (Å²) in [7, 11) is 0. The second kappa shape index (κ2) is 5.24. The summed E-state index contributed by atoms with van der Waals surface area (Å²) in [4.78, 5) is 13.4. The number of carbonyl (C=O) groups is 1. The molecule has 0 unspecified atom stereocenters. The molecule has 2 heterocycles. The summed E-state index contributed by atoms with van der Waals surface area (Å²) in [6.07, 6.45) is 8.20. The molecule has 1 N–H and O–H groups in total. The van der Waals surface area contributed by atoms with Crippen LogP contribution in [0.25, 0.3) is 0 Å². The molecule has 20 heavy (non-hydrogen) atoms. The van der Waals surface area contributed by atoms with Crippen LogP contribution in [-0.2, 0) is 6.54 Å². The summed E-state index contributed by atoms with van der Waals surface area (Å²) in [5, 5.41) is 9.02. The van der Waals surface area contributed by atoms with E-state index < -0.39 is 5.97 Å². The maximum atomic E-state index is 11.0. The van der Waals surface area contributed by atoms with Gasteiger partial charge in [0.1, 0.15) is 5.76 Å². The summed E-state index contributed by atoms with van der Waals surface area (Å²) >= 11 is 0. The number of rotatable bonds is 3. The second-order valence-electron chi connectivity index (χ2n) is 6.51. The highest BCUT2D eigenvalue weighted by Gasteiger charge is 2.36. The van der Waals surface area contributed by atoms with Gasteiger partial charge < -0.3 is 9.52 Å². The molecule has 4 nitrogen and oxygen atoms in total. The number of aryl methyl sites for hydroxylation is 1. The highest BCUT2D eigenvalue weighted by molar-refractivity contribution is 5.86. The van der Waals surface area contributed by atoms with Crippen LogP contribution in [0.15, 0.2) is 10.5 Å². The van der Waals surface area contributed by atoms with Crippen molar-refractivity contribution in [2.24, 2.45) is 5.41 Å². The number of piperidine rings is 1. The van der Waals surface area contributed by atoms with E-state index in [9.17, 15) is 4.79 Å². The minimum atomic E-state index is -0.975. The van der Waals surface area contributed by atoms with E-state index in [2.05, 4.69) is 4.90 Å². The molecule has 1 aromatic heterocycles. The van der Waals surface area contributed by atoms with Crippen LogP contribution in [0, 0.1) is 12.3 Å². The first kappa shape index (κ1) is 13.7. The van der Waals surface area contributed by atoms with Crippen LogP contribution in [0.3, 0.4) is 0 Å². The van der Waals surface area contributed by atoms with Crippen LogP contribution in [-0.4, -0.2) is 29.1 Å². The largest absolute Gasteiger partial charge is 0.475 e. The normalized spacial score (nSPS) is 22.4. The first-order valence-electron chi connectivity index (χ1n) is 7.63. The standard InChI is InChI=1S/C16H23NO3/c1-12-10-13(20-14(12)15(18)19)11-17-8-6-16(7-9-17)4-2-3-5-16/h10H,2-9,11H2,1H3,(H,18,19). The molecule has 1 aliphatic heterocycles. The monoisotopic (exact) mass is 277 g/mol. The predicted octanol–water partition coefficient (Wildman–Crippen LogP) is 3.44. The number of nitrogens with zero attached hydrogens (tertiary/aromatic N) is 1. The Morgan fingerprint density at radius 3 is 2.50 bits per heavy atom. The Balaban J connectivity index is 1.59. The average molecular weight is 277 g/mol. The Morgan fingerprint density at radius 1 is 1.30 bits per heavy atom. The number of hydrogen-bond donors (Lipinski definition) is 1. The minimum Gasteiger partial charge on any atom is -0.475 e. The van der Waals surface area contributed by atoms with Gasteiger partial charge in [0.2, 0.25) is 5.76 Å². The molecule has 2 aliphatic rings. The summed E-state index contributed by atoms with van der Waals surface area (Å²) < 4.78 is 5.45. The van der Waals surface area contributed by atoms with E-state index in [1.165, 1.54) is 38.5 Å². The molecule has 0 atom stereocenters. The Hall–Kier alpha value is -1.29. The third-order valence-corrected chi connectivity index (χ3v) is 5.12. The van der Waals surface area contributed by atoms with Gasteiger partial charge in [-0.25, -0.2) is 4.79 Å². The van der Waals surface area contributed by atoms with Gasteiger partial charge in [-0.3, -0.25) is 4.90 Å². The van der Waals surface area contributed by atoms with Crippen molar-refractivity contribution < 1.29 is 14.3 Å². The lowest BCUT2D eigenvalue weighted by molar-refractivity contribution is 0.0652. The summed E-state index contributed by atoms with van der Waals surface area (Å²) in [6, 6.07) is 1.86. The van der Waals surface area contributed by atoms with Crippen molar-refractivity contribution >= 4 is 5.97 Å². The lowest BCUT2D eigenvalue weighted by Crippen LogP contribution is -2.38. The van der Waals surface area contributed by atoms with Crippen molar-refractivity contribution in [2.45, 2.75) is 52.0 Å². The van der Waals surface area contributed by atoms with E-state index in [1.807, 2.05) is 6.07 Å². The van der Waals surface area contributed by atoms with Gasteiger partial charge in [-0.15, -0.1) is 0 Å². The molecule has 0 bridgehead atoms. The molecule has 0 amide bonds. The smallest absolute Gasteiger partial charge is 0.372 e. The summed E-state index contributed by atoms with van der Waals surface area (Å²) in [5.74, 6) is -0.108. The van der Waals surface area contributed by atoms with E-state index in [0.29, 0.717) is 5.41 Å². The van der Waals surface area contributed by atoms with Crippen LogP contribution < -0.4 is 0 Å². The van der Waals surface area contributed by atoms with Crippen LogP contribution in [0.2, 0.25) is 0 Å². The average Bonchev–Trinajstić information content (AvgIpc) is 3.00. The minimum absolute atomic E-state index is 0.0873. The van der Waals surface area contributed by atoms with Crippen molar-refractivity contribution in [1.29, 1.82) is 0 Å². The van der Waals surface area contributed by atoms with Gasteiger partial charge in [0.25, 0.3) is 0 Å². The zero-order chi connectivity index (χ0) is 14.2. The molecule has 110 valence electrons. The molecule has 1 aromatic rings. The van der Waals surface area contributed by atoms with Crippen LogP contribution >= 0.6 is 0 Å². The second-order valence-corrected chi connectivity index (χ2v) is 6.51. The quantitative estimate of drug-likeness (QED) is 0.919. The van der Waals surface area contributed by atoms with Gasteiger partial charge in [0.15, 0.2) is 0 Å². The number of furan rings is 1. The van der Waals surface area contributed by atoms with Gasteiger partial charge in [-0.05, 0) is 57.2 Å². The number of carboxylic acids is 1.